The molecule has 0 aliphatic carbocycles. The topological polar surface area (TPSA) is 29.5 Å². The van der Waals surface area contributed by atoms with Crippen LogP contribution < -0.4 is 0 Å². The number of hydrogen-bond donors (Lipinski definition) is 0. The normalized spacial score (nSPS) is 17.9. The Morgan fingerprint density at radius 1 is 1.29 bits per heavy atom. The molecular weight excluding hydrogens is 305 g/mol. The van der Waals surface area contributed by atoms with Crippen molar-refractivity contribution in [1.29, 1.82) is 0 Å². The average molecular weight is 319 g/mol. The SMILES string of the molecule is O=C([C@H](Cl)c1ccc(Br)cc1)N1CCOCC1. The fourth-order valence-corrected chi connectivity index (χ4v) is 2.27. The minimum atomic E-state index is -0.610. The van der Waals surface area contributed by atoms with E-state index in [1.165, 1.54) is 0 Å². The smallest absolute Gasteiger partial charge is 0.245 e. The van der Waals surface area contributed by atoms with Crippen LogP contribution in [0.1, 0.15) is 10.9 Å². The molecule has 1 amide bonds. The summed E-state index contributed by atoms with van der Waals surface area (Å²) in [5.74, 6) is -0.0442. The summed E-state index contributed by atoms with van der Waals surface area (Å²) in [7, 11) is 0. The molecule has 0 N–H and O–H groups in total. The molecule has 1 aromatic carbocycles. The van der Waals surface area contributed by atoms with E-state index < -0.39 is 5.38 Å². The van der Waals surface area contributed by atoms with Crippen LogP contribution in [0.25, 0.3) is 0 Å². The number of halogens is 2. The lowest BCUT2D eigenvalue weighted by Gasteiger charge is -2.28. The molecule has 1 aromatic rings. The number of ether oxygens (including phenoxy) is 1. The van der Waals surface area contributed by atoms with E-state index in [1.807, 2.05) is 24.3 Å². The van der Waals surface area contributed by atoms with Crippen molar-refractivity contribution >= 4 is 33.4 Å². The van der Waals surface area contributed by atoms with Gasteiger partial charge < -0.3 is 9.64 Å². The van der Waals surface area contributed by atoms with Crippen molar-refractivity contribution in [2.75, 3.05) is 26.3 Å². The van der Waals surface area contributed by atoms with Crippen LogP contribution in [0.15, 0.2) is 28.7 Å². The van der Waals surface area contributed by atoms with E-state index in [4.69, 9.17) is 16.3 Å². The summed E-state index contributed by atoms with van der Waals surface area (Å²) in [6.45, 7) is 2.43. The monoisotopic (exact) mass is 317 g/mol. The number of alkyl halides is 1. The second-order valence-electron chi connectivity index (χ2n) is 3.85. The largest absolute Gasteiger partial charge is 0.378 e. The first-order chi connectivity index (χ1) is 8.18. The number of amides is 1. The molecule has 5 heteroatoms. The maximum Gasteiger partial charge on any atom is 0.245 e. The van der Waals surface area contributed by atoms with Crippen LogP contribution in [0.3, 0.4) is 0 Å². The quantitative estimate of drug-likeness (QED) is 0.785. The van der Waals surface area contributed by atoms with E-state index in [1.54, 1.807) is 4.90 Å². The molecule has 1 aliphatic heterocycles. The first-order valence-corrected chi connectivity index (χ1v) is 6.67. The first-order valence-electron chi connectivity index (χ1n) is 5.44. The van der Waals surface area contributed by atoms with E-state index in [9.17, 15) is 4.79 Å². The van der Waals surface area contributed by atoms with Crippen molar-refractivity contribution in [1.82, 2.24) is 4.90 Å². The lowest BCUT2D eigenvalue weighted by molar-refractivity contribution is -0.134. The Bertz CT molecular complexity index is 390. The first kappa shape index (κ1) is 12.9. The molecule has 0 unspecified atom stereocenters. The van der Waals surface area contributed by atoms with Gasteiger partial charge in [0.15, 0.2) is 0 Å². The van der Waals surface area contributed by atoms with Crippen LogP contribution in [0, 0.1) is 0 Å². The molecule has 1 saturated heterocycles. The summed E-state index contributed by atoms with van der Waals surface area (Å²) in [4.78, 5) is 13.9. The highest BCUT2D eigenvalue weighted by atomic mass is 79.9. The van der Waals surface area contributed by atoms with Crippen molar-refractivity contribution in [3.63, 3.8) is 0 Å². The minimum Gasteiger partial charge on any atom is -0.378 e. The van der Waals surface area contributed by atoms with Crippen LogP contribution in [0.4, 0.5) is 0 Å². The molecule has 0 aromatic heterocycles. The molecule has 1 heterocycles. The molecule has 0 radical (unpaired) electrons. The molecule has 0 spiro atoms. The number of nitrogens with zero attached hydrogens (tertiary/aromatic N) is 1. The van der Waals surface area contributed by atoms with E-state index in [2.05, 4.69) is 15.9 Å². The third kappa shape index (κ3) is 3.21. The molecule has 1 atom stereocenters. The summed E-state index contributed by atoms with van der Waals surface area (Å²) in [6, 6.07) is 7.49. The molecule has 2 rings (SSSR count). The Balaban J connectivity index is 2.05. The van der Waals surface area contributed by atoms with E-state index in [0.717, 1.165) is 10.0 Å². The number of hydrogen-bond acceptors (Lipinski definition) is 2. The van der Waals surface area contributed by atoms with Gasteiger partial charge in [-0.05, 0) is 17.7 Å². The van der Waals surface area contributed by atoms with Gasteiger partial charge in [0, 0.05) is 17.6 Å². The average Bonchev–Trinajstić information content (AvgIpc) is 2.39. The van der Waals surface area contributed by atoms with Crippen molar-refractivity contribution in [2.45, 2.75) is 5.38 Å². The second kappa shape index (κ2) is 5.85. The zero-order valence-electron chi connectivity index (χ0n) is 9.23. The summed E-state index contributed by atoms with van der Waals surface area (Å²) in [6.07, 6.45) is 0. The van der Waals surface area contributed by atoms with Crippen molar-refractivity contribution in [2.24, 2.45) is 0 Å². The van der Waals surface area contributed by atoms with Crippen molar-refractivity contribution in [3.05, 3.63) is 34.3 Å². The summed E-state index contributed by atoms with van der Waals surface area (Å²) in [5.41, 5.74) is 0.825. The standard InChI is InChI=1S/C12H13BrClNO2/c13-10-3-1-9(2-4-10)11(14)12(16)15-5-7-17-8-6-15/h1-4,11H,5-8H2/t11-/m1/s1. The molecule has 1 fully saturated rings. The molecule has 1 aliphatic rings. The number of carbonyl (C=O) groups is 1. The highest BCUT2D eigenvalue weighted by molar-refractivity contribution is 9.10. The van der Waals surface area contributed by atoms with Gasteiger partial charge in [0.05, 0.1) is 13.2 Å². The van der Waals surface area contributed by atoms with E-state index >= 15 is 0 Å². The summed E-state index contributed by atoms with van der Waals surface area (Å²) in [5, 5.41) is -0.610. The molecule has 92 valence electrons. The van der Waals surface area contributed by atoms with Gasteiger partial charge in [-0.15, -0.1) is 11.6 Å². The zero-order chi connectivity index (χ0) is 12.3. The molecule has 0 bridgehead atoms. The highest BCUT2D eigenvalue weighted by Crippen LogP contribution is 2.24. The van der Waals surface area contributed by atoms with E-state index in [-0.39, 0.29) is 5.91 Å². The number of rotatable bonds is 2. The third-order valence-electron chi connectivity index (χ3n) is 2.70. The Morgan fingerprint density at radius 2 is 1.88 bits per heavy atom. The van der Waals surface area contributed by atoms with Crippen LogP contribution in [0.5, 0.6) is 0 Å². The lowest BCUT2D eigenvalue weighted by atomic mass is 10.1. The number of benzene rings is 1. The molecular formula is C12H13BrClNO2. The Morgan fingerprint density at radius 3 is 2.47 bits per heavy atom. The maximum atomic E-state index is 12.1. The van der Waals surface area contributed by atoms with Crippen LogP contribution in [-0.4, -0.2) is 37.1 Å². The van der Waals surface area contributed by atoms with Crippen molar-refractivity contribution < 1.29 is 9.53 Å². The van der Waals surface area contributed by atoms with Gasteiger partial charge in [0.1, 0.15) is 5.38 Å². The fourth-order valence-electron chi connectivity index (χ4n) is 1.72. The van der Waals surface area contributed by atoms with Gasteiger partial charge in [0.2, 0.25) is 5.91 Å². The van der Waals surface area contributed by atoms with Crippen LogP contribution in [-0.2, 0) is 9.53 Å². The van der Waals surface area contributed by atoms with Gasteiger partial charge in [-0.25, -0.2) is 0 Å². The Labute approximate surface area is 114 Å². The molecule has 17 heavy (non-hydrogen) atoms. The zero-order valence-corrected chi connectivity index (χ0v) is 11.6. The third-order valence-corrected chi connectivity index (χ3v) is 3.67. The summed E-state index contributed by atoms with van der Waals surface area (Å²) >= 11 is 9.55. The highest BCUT2D eigenvalue weighted by Gasteiger charge is 2.25. The van der Waals surface area contributed by atoms with Gasteiger partial charge in [-0.2, -0.15) is 0 Å². The second-order valence-corrected chi connectivity index (χ2v) is 5.20. The Hall–Kier alpha value is -0.580. The summed E-state index contributed by atoms with van der Waals surface area (Å²) < 4.78 is 6.18. The van der Waals surface area contributed by atoms with Crippen LogP contribution >= 0.6 is 27.5 Å². The van der Waals surface area contributed by atoms with Gasteiger partial charge in [0.25, 0.3) is 0 Å². The minimum absolute atomic E-state index is 0.0442. The predicted octanol–water partition coefficient (Wildman–Crippen LogP) is 2.59. The van der Waals surface area contributed by atoms with Gasteiger partial charge >= 0.3 is 0 Å². The molecule has 0 saturated carbocycles. The maximum absolute atomic E-state index is 12.1. The van der Waals surface area contributed by atoms with E-state index in [0.29, 0.717) is 26.3 Å². The fraction of sp³-hybridized carbons (Fsp3) is 0.417. The lowest BCUT2D eigenvalue weighted by Crippen LogP contribution is -2.42. The van der Waals surface area contributed by atoms with Gasteiger partial charge in [-0.3, -0.25) is 4.79 Å². The molecule has 3 nitrogen and oxygen atoms in total. The Kier molecular flexibility index (Phi) is 4.42. The predicted molar refractivity (Wildman–Crippen MR) is 70.1 cm³/mol. The number of carbonyl (C=O) groups excluding carboxylic acids is 1. The number of morpholine rings is 1. The van der Waals surface area contributed by atoms with Crippen LogP contribution in [0.2, 0.25) is 0 Å². The van der Waals surface area contributed by atoms with Gasteiger partial charge in [-0.1, -0.05) is 28.1 Å². The van der Waals surface area contributed by atoms with Crippen molar-refractivity contribution in [3.8, 4) is 0 Å².